The van der Waals surface area contributed by atoms with Gasteiger partial charge in [0.2, 0.25) is 0 Å². The van der Waals surface area contributed by atoms with E-state index in [2.05, 4.69) is 49.5 Å². The molecular formula is C20H34O2S2. The van der Waals surface area contributed by atoms with Crippen LogP contribution in [0.25, 0.3) is 0 Å². The van der Waals surface area contributed by atoms with E-state index in [1.54, 1.807) is 0 Å². The second-order valence-electron chi connectivity index (χ2n) is 7.05. The molecule has 0 aromatic carbocycles. The molecule has 2 nitrogen and oxygen atoms in total. The molecule has 2 fully saturated rings. The van der Waals surface area contributed by atoms with Gasteiger partial charge in [0.05, 0.1) is 11.7 Å². The number of hydrogen-bond donors (Lipinski definition) is 0. The molecule has 2 saturated carbocycles. The number of unbranched alkanes of at least 4 members (excludes halogenated alkanes) is 1. The van der Waals surface area contributed by atoms with Crippen LogP contribution in [0, 0.1) is 23.7 Å². The SMILES string of the molecule is CCSC(C[C@@H]1[C@@H]2CC[C@@H](C2)[C@H]1/C=C/CCCC(=O)OC)SCC. The molecule has 0 aromatic heterocycles. The second kappa shape index (κ2) is 10.8. The largest absolute Gasteiger partial charge is 0.469 e. The zero-order valence-corrected chi connectivity index (χ0v) is 17.2. The number of ether oxygens (including phenoxy) is 1. The molecule has 138 valence electrons. The standard InChI is InChI=1S/C20H34O2S2/c1-4-23-20(24-5-2)14-18-16-12-11-15(13-16)17(18)9-7-6-8-10-19(21)22-3/h7,9,15-18,20H,4-6,8,10-14H2,1-3H3/b9-7+/t15-,16+,17+,18+/m0/s1. The monoisotopic (exact) mass is 370 g/mol. The number of thioether (sulfide) groups is 2. The van der Waals surface area contributed by atoms with Crippen molar-refractivity contribution in [2.45, 2.75) is 63.4 Å². The Kier molecular flexibility index (Phi) is 9.10. The van der Waals surface area contributed by atoms with Crippen LogP contribution in [0.4, 0.5) is 0 Å². The Balaban J connectivity index is 1.85. The van der Waals surface area contributed by atoms with E-state index in [0.29, 0.717) is 6.42 Å². The van der Waals surface area contributed by atoms with Crippen molar-refractivity contribution < 1.29 is 9.53 Å². The van der Waals surface area contributed by atoms with E-state index >= 15 is 0 Å². The van der Waals surface area contributed by atoms with Crippen molar-refractivity contribution in [2.75, 3.05) is 18.6 Å². The Hall–Kier alpha value is -0.0900. The van der Waals surface area contributed by atoms with Gasteiger partial charge >= 0.3 is 5.97 Å². The minimum Gasteiger partial charge on any atom is -0.469 e. The van der Waals surface area contributed by atoms with Crippen LogP contribution in [0.15, 0.2) is 12.2 Å². The molecule has 4 atom stereocenters. The minimum atomic E-state index is -0.0859. The quantitative estimate of drug-likeness (QED) is 0.200. The van der Waals surface area contributed by atoms with Gasteiger partial charge in [-0.15, -0.1) is 23.5 Å². The number of esters is 1. The van der Waals surface area contributed by atoms with Gasteiger partial charge in [0.1, 0.15) is 0 Å². The van der Waals surface area contributed by atoms with Gasteiger partial charge in [0.15, 0.2) is 0 Å². The Labute approximate surface area is 156 Å². The summed E-state index contributed by atoms with van der Waals surface area (Å²) in [5.74, 6) is 5.95. The lowest BCUT2D eigenvalue weighted by Crippen LogP contribution is -2.23. The van der Waals surface area contributed by atoms with Gasteiger partial charge in [-0.2, -0.15) is 0 Å². The van der Waals surface area contributed by atoms with Gasteiger partial charge in [-0.25, -0.2) is 0 Å². The minimum absolute atomic E-state index is 0.0859. The molecule has 0 unspecified atom stereocenters. The van der Waals surface area contributed by atoms with Crippen LogP contribution >= 0.6 is 23.5 Å². The van der Waals surface area contributed by atoms with Crippen LogP contribution in [0.2, 0.25) is 0 Å². The average Bonchev–Trinajstić information content (AvgIpc) is 3.17. The van der Waals surface area contributed by atoms with Crippen molar-refractivity contribution in [3.05, 3.63) is 12.2 Å². The Morgan fingerprint density at radius 3 is 2.58 bits per heavy atom. The second-order valence-corrected chi connectivity index (χ2v) is 10.3. The summed E-state index contributed by atoms with van der Waals surface area (Å²) in [5.41, 5.74) is 0. The first-order valence-corrected chi connectivity index (χ1v) is 11.8. The Morgan fingerprint density at radius 2 is 1.92 bits per heavy atom. The average molecular weight is 371 g/mol. The zero-order chi connectivity index (χ0) is 17.4. The Bertz CT molecular complexity index is 404. The molecule has 2 rings (SSSR count). The topological polar surface area (TPSA) is 26.3 Å². The summed E-state index contributed by atoms with van der Waals surface area (Å²) in [6, 6.07) is 0. The van der Waals surface area contributed by atoms with Crippen molar-refractivity contribution in [1.82, 2.24) is 0 Å². The number of methoxy groups -OCH3 is 1. The fourth-order valence-electron chi connectivity index (χ4n) is 4.60. The molecule has 0 N–H and O–H groups in total. The summed E-state index contributed by atoms with van der Waals surface area (Å²) in [7, 11) is 1.47. The van der Waals surface area contributed by atoms with Crippen molar-refractivity contribution in [2.24, 2.45) is 23.7 Å². The van der Waals surface area contributed by atoms with Crippen molar-refractivity contribution >= 4 is 29.5 Å². The van der Waals surface area contributed by atoms with Gasteiger partial charge in [-0.3, -0.25) is 4.79 Å². The van der Waals surface area contributed by atoms with Gasteiger partial charge in [-0.05, 0) is 73.7 Å². The number of hydrogen-bond acceptors (Lipinski definition) is 4. The molecular weight excluding hydrogens is 336 g/mol. The van der Waals surface area contributed by atoms with E-state index in [0.717, 1.165) is 41.1 Å². The van der Waals surface area contributed by atoms with Crippen LogP contribution in [0.1, 0.15) is 58.8 Å². The van der Waals surface area contributed by atoms with Gasteiger partial charge in [-0.1, -0.05) is 26.0 Å². The highest BCUT2D eigenvalue weighted by Gasteiger charge is 2.46. The fraction of sp³-hybridized carbons (Fsp3) is 0.850. The number of allylic oxidation sites excluding steroid dienone is 2. The van der Waals surface area contributed by atoms with Crippen molar-refractivity contribution in [3.63, 3.8) is 0 Å². The first kappa shape index (κ1) is 20.2. The third kappa shape index (κ3) is 5.72. The normalized spacial score (nSPS) is 29.0. The third-order valence-corrected chi connectivity index (χ3v) is 8.28. The zero-order valence-electron chi connectivity index (χ0n) is 15.5. The predicted octanol–water partition coefficient (Wildman–Crippen LogP) is 5.77. The highest BCUT2D eigenvalue weighted by atomic mass is 32.2. The molecule has 2 aliphatic carbocycles. The molecule has 24 heavy (non-hydrogen) atoms. The third-order valence-electron chi connectivity index (χ3n) is 5.67. The smallest absolute Gasteiger partial charge is 0.305 e. The van der Waals surface area contributed by atoms with E-state index in [4.69, 9.17) is 4.74 Å². The lowest BCUT2D eigenvalue weighted by atomic mass is 9.77. The maximum Gasteiger partial charge on any atom is 0.305 e. The molecule has 2 aliphatic rings. The van der Waals surface area contributed by atoms with Crippen molar-refractivity contribution in [3.8, 4) is 0 Å². The molecule has 0 aliphatic heterocycles. The van der Waals surface area contributed by atoms with Crippen molar-refractivity contribution in [1.29, 1.82) is 0 Å². The summed E-state index contributed by atoms with van der Waals surface area (Å²) >= 11 is 4.28. The van der Waals surface area contributed by atoms with Gasteiger partial charge in [0.25, 0.3) is 0 Å². The van der Waals surface area contributed by atoms with Crippen LogP contribution in [0.5, 0.6) is 0 Å². The Morgan fingerprint density at radius 1 is 1.21 bits per heavy atom. The number of carbonyl (C=O) groups is 1. The molecule has 0 aromatic rings. The van der Waals surface area contributed by atoms with Crippen LogP contribution in [-0.2, 0) is 9.53 Å². The summed E-state index contributed by atoms with van der Waals surface area (Å²) in [6.45, 7) is 4.57. The van der Waals surface area contributed by atoms with E-state index in [9.17, 15) is 4.79 Å². The molecule has 0 radical (unpaired) electrons. The molecule has 0 heterocycles. The summed E-state index contributed by atoms with van der Waals surface area (Å²) in [6.07, 6.45) is 13.1. The van der Waals surface area contributed by atoms with E-state index in [1.807, 2.05) is 0 Å². The van der Waals surface area contributed by atoms with E-state index < -0.39 is 0 Å². The van der Waals surface area contributed by atoms with Gasteiger partial charge < -0.3 is 4.74 Å². The highest BCUT2D eigenvalue weighted by Crippen LogP contribution is 2.55. The first-order valence-electron chi connectivity index (χ1n) is 9.66. The molecule has 4 heteroatoms. The summed E-state index contributed by atoms with van der Waals surface area (Å²) in [5, 5.41) is 0. The summed E-state index contributed by atoms with van der Waals surface area (Å²) < 4.78 is 5.49. The highest BCUT2D eigenvalue weighted by molar-refractivity contribution is 8.16. The molecule has 0 saturated heterocycles. The lowest BCUT2D eigenvalue weighted by Gasteiger charge is -2.31. The fourth-order valence-corrected chi connectivity index (χ4v) is 7.26. The number of rotatable bonds is 11. The van der Waals surface area contributed by atoms with Crippen LogP contribution < -0.4 is 0 Å². The number of carbonyl (C=O) groups excluding carboxylic acids is 1. The van der Waals surface area contributed by atoms with E-state index in [-0.39, 0.29) is 5.97 Å². The first-order chi connectivity index (χ1) is 11.7. The molecule has 0 spiro atoms. The van der Waals surface area contributed by atoms with E-state index in [1.165, 1.54) is 44.3 Å². The lowest BCUT2D eigenvalue weighted by molar-refractivity contribution is -0.140. The maximum atomic E-state index is 11.2. The number of fused-ring (bicyclic) bond motifs is 2. The predicted molar refractivity (Wildman–Crippen MR) is 107 cm³/mol. The molecule has 0 amide bonds. The maximum absolute atomic E-state index is 11.2. The van der Waals surface area contributed by atoms with Gasteiger partial charge in [0, 0.05) is 6.42 Å². The molecule has 2 bridgehead atoms. The van der Waals surface area contributed by atoms with Crippen LogP contribution in [0.3, 0.4) is 0 Å². The summed E-state index contributed by atoms with van der Waals surface area (Å²) in [4.78, 5) is 11.2. The van der Waals surface area contributed by atoms with Crippen LogP contribution in [-0.4, -0.2) is 29.2 Å².